The van der Waals surface area contributed by atoms with E-state index in [0.29, 0.717) is 31.9 Å². The minimum atomic E-state index is -0.0901. The van der Waals surface area contributed by atoms with Crippen molar-refractivity contribution in [1.82, 2.24) is 0 Å². The van der Waals surface area contributed by atoms with E-state index in [4.69, 9.17) is 34.8 Å². The zero-order chi connectivity index (χ0) is 14.3. The highest BCUT2D eigenvalue weighted by Gasteiger charge is 2.24. The van der Waals surface area contributed by atoms with Crippen molar-refractivity contribution < 1.29 is 4.79 Å². The molecular weight excluding hydrogens is 317 g/mol. The van der Waals surface area contributed by atoms with Gasteiger partial charge in [0, 0.05) is 21.8 Å². The molecule has 0 atom stereocenters. The standard InChI is InChI=1S/C15H8Cl3NO/c16-10-5-6-11(17)14(18)9(10)7-13-15(20)8-3-1-2-4-12(8)19-13/h1-7,19H/b13-7-. The van der Waals surface area contributed by atoms with Crippen LogP contribution in [0, 0.1) is 0 Å². The molecule has 0 saturated carbocycles. The smallest absolute Gasteiger partial charge is 0.211 e. The fourth-order valence-electron chi connectivity index (χ4n) is 2.06. The number of hydrogen-bond donors (Lipinski definition) is 1. The van der Waals surface area contributed by atoms with Crippen molar-refractivity contribution in [3.05, 3.63) is 68.3 Å². The molecule has 2 nitrogen and oxygen atoms in total. The molecule has 1 aliphatic rings. The molecule has 20 heavy (non-hydrogen) atoms. The summed E-state index contributed by atoms with van der Waals surface area (Å²) in [7, 11) is 0. The molecule has 1 N–H and O–H groups in total. The number of fused-ring (bicyclic) bond motifs is 1. The highest BCUT2D eigenvalue weighted by molar-refractivity contribution is 6.44. The maximum atomic E-state index is 12.3. The van der Waals surface area contributed by atoms with E-state index in [1.807, 2.05) is 18.2 Å². The molecule has 1 aliphatic heterocycles. The molecule has 5 heteroatoms. The normalized spacial score (nSPS) is 15.3. The molecule has 0 bridgehead atoms. The van der Waals surface area contributed by atoms with E-state index in [1.54, 1.807) is 24.3 Å². The lowest BCUT2D eigenvalue weighted by molar-refractivity contribution is 0.104. The van der Waals surface area contributed by atoms with Crippen molar-refractivity contribution >= 4 is 52.3 Å². The average molecular weight is 325 g/mol. The quantitative estimate of drug-likeness (QED) is 0.570. The molecule has 0 saturated heterocycles. The summed E-state index contributed by atoms with van der Waals surface area (Å²) in [6.07, 6.45) is 1.62. The zero-order valence-corrected chi connectivity index (χ0v) is 12.4. The van der Waals surface area contributed by atoms with Crippen molar-refractivity contribution in [2.24, 2.45) is 0 Å². The van der Waals surface area contributed by atoms with Crippen molar-refractivity contribution in [1.29, 1.82) is 0 Å². The lowest BCUT2D eigenvalue weighted by Gasteiger charge is -2.05. The van der Waals surface area contributed by atoms with Crippen LogP contribution in [0.4, 0.5) is 5.69 Å². The number of para-hydroxylation sites is 1. The highest BCUT2D eigenvalue weighted by Crippen LogP contribution is 2.35. The Hall–Kier alpha value is -1.48. The van der Waals surface area contributed by atoms with Gasteiger partial charge >= 0.3 is 0 Å². The first-order chi connectivity index (χ1) is 9.58. The summed E-state index contributed by atoms with van der Waals surface area (Å²) in [5.74, 6) is -0.0901. The van der Waals surface area contributed by atoms with Crippen molar-refractivity contribution in [2.75, 3.05) is 5.32 Å². The summed E-state index contributed by atoms with van der Waals surface area (Å²) in [6, 6.07) is 10.6. The van der Waals surface area contributed by atoms with E-state index in [9.17, 15) is 4.79 Å². The van der Waals surface area contributed by atoms with Gasteiger partial charge in [-0.25, -0.2) is 0 Å². The number of carbonyl (C=O) groups is 1. The minimum Gasteiger partial charge on any atom is -0.352 e. The Morgan fingerprint density at radius 2 is 1.65 bits per heavy atom. The minimum absolute atomic E-state index is 0.0901. The van der Waals surface area contributed by atoms with Crippen LogP contribution in [-0.2, 0) is 0 Å². The Morgan fingerprint density at radius 3 is 2.40 bits per heavy atom. The largest absolute Gasteiger partial charge is 0.352 e. The van der Waals surface area contributed by atoms with E-state index in [2.05, 4.69) is 5.32 Å². The van der Waals surface area contributed by atoms with Crippen LogP contribution in [0.25, 0.3) is 6.08 Å². The van der Waals surface area contributed by atoms with Gasteiger partial charge in [-0.3, -0.25) is 4.79 Å². The van der Waals surface area contributed by atoms with Crippen molar-refractivity contribution in [3.8, 4) is 0 Å². The molecule has 0 fully saturated rings. The fourth-order valence-corrected chi connectivity index (χ4v) is 2.70. The number of Topliss-reactive ketones (excluding diaryl/α,β-unsaturated/α-hetero) is 1. The third kappa shape index (κ3) is 2.20. The maximum Gasteiger partial charge on any atom is 0.211 e. The second kappa shape index (κ2) is 5.13. The number of allylic oxidation sites excluding steroid dienone is 1. The predicted octanol–water partition coefficient (Wildman–Crippen LogP) is 5.30. The van der Waals surface area contributed by atoms with Gasteiger partial charge in [0.2, 0.25) is 5.78 Å². The average Bonchev–Trinajstić information content (AvgIpc) is 2.76. The third-order valence-corrected chi connectivity index (χ3v) is 4.20. The van der Waals surface area contributed by atoms with Gasteiger partial charge in [0.15, 0.2) is 0 Å². The Balaban J connectivity index is 2.09. The SMILES string of the molecule is O=C1/C(=C/c2c(Cl)ccc(Cl)c2Cl)Nc2ccccc21. The van der Waals surface area contributed by atoms with Crippen molar-refractivity contribution in [2.45, 2.75) is 0 Å². The fraction of sp³-hybridized carbons (Fsp3) is 0. The summed E-state index contributed by atoms with van der Waals surface area (Å²) in [5, 5.41) is 4.22. The number of benzene rings is 2. The van der Waals surface area contributed by atoms with Crippen molar-refractivity contribution in [3.63, 3.8) is 0 Å². The number of nitrogens with one attached hydrogen (secondary N) is 1. The van der Waals surface area contributed by atoms with E-state index in [-0.39, 0.29) is 5.78 Å². The lowest BCUT2D eigenvalue weighted by Crippen LogP contribution is -2.00. The Morgan fingerprint density at radius 1 is 0.950 bits per heavy atom. The van der Waals surface area contributed by atoms with E-state index < -0.39 is 0 Å². The summed E-state index contributed by atoms with van der Waals surface area (Å²) < 4.78 is 0. The van der Waals surface area contributed by atoms with Crippen LogP contribution >= 0.6 is 34.8 Å². The molecule has 0 radical (unpaired) electrons. The summed E-state index contributed by atoms with van der Waals surface area (Å²) >= 11 is 18.2. The number of carbonyl (C=O) groups excluding carboxylic acids is 1. The lowest BCUT2D eigenvalue weighted by atomic mass is 10.1. The molecule has 1 heterocycles. The summed E-state index contributed by atoms with van der Waals surface area (Å²) in [6.45, 7) is 0. The van der Waals surface area contributed by atoms with Gasteiger partial charge in [-0.05, 0) is 30.3 Å². The molecule has 0 aliphatic carbocycles. The maximum absolute atomic E-state index is 12.3. The molecule has 0 aromatic heterocycles. The second-order valence-electron chi connectivity index (χ2n) is 4.31. The Kier molecular flexibility index (Phi) is 3.47. The van der Waals surface area contributed by atoms with E-state index >= 15 is 0 Å². The number of rotatable bonds is 1. The number of anilines is 1. The Bertz CT molecular complexity index is 753. The van der Waals surface area contributed by atoms with Crippen LogP contribution < -0.4 is 5.32 Å². The Labute approximate surface area is 131 Å². The van der Waals surface area contributed by atoms with E-state index in [1.165, 1.54) is 0 Å². The predicted molar refractivity (Wildman–Crippen MR) is 83.8 cm³/mol. The first-order valence-corrected chi connectivity index (χ1v) is 6.97. The summed E-state index contributed by atoms with van der Waals surface area (Å²) in [4.78, 5) is 12.3. The zero-order valence-electron chi connectivity index (χ0n) is 10.1. The van der Waals surface area contributed by atoms with Gasteiger partial charge in [0.05, 0.1) is 15.7 Å². The van der Waals surface area contributed by atoms with Crippen LogP contribution in [0.1, 0.15) is 15.9 Å². The van der Waals surface area contributed by atoms with Gasteiger partial charge in [0.25, 0.3) is 0 Å². The monoisotopic (exact) mass is 323 g/mol. The van der Waals surface area contributed by atoms with E-state index in [0.717, 1.165) is 5.69 Å². The first-order valence-electron chi connectivity index (χ1n) is 5.84. The molecule has 3 rings (SSSR count). The topological polar surface area (TPSA) is 29.1 Å². The number of halogens is 3. The highest BCUT2D eigenvalue weighted by atomic mass is 35.5. The van der Waals surface area contributed by atoms with Gasteiger partial charge in [-0.2, -0.15) is 0 Å². The molecule has 0 spiro atoms. The van der Waals surface area contributed by atoms with Crippen LogP contribution in [-0.4, -0.2) is 5.78 Å². The van der Waals surface area contributed by atoms with Crippen LogP contribution in [0.5, 0.6) is 0 Å². The first kappa shape index (κ1) is 13.5. The van der Waals surface area contributed by atoms with Gasteiger partial charge in [-0.1, -0.05) is 46.9 Å². The van der Waals surface area contributed by atoms with Gasteiger partial charge in [0.1, 0.15) is 0 Å². The molecule has 0 amide bonds. The van der Waals surface area contributed by atoms with Gasteiger partial charge in [-0.15, -0.1) is 0 Å². The molecule has 2 aromatic rings. The van der Waals surface area contributed by atoms with Crippen LogP contribution in [0.15, 0.2) is 42.1 Å². The number of hydrogen-bond acceptors (Lipinski definition) is 2. The second-order valence-corrected chi connectivity index (χ2v) is 5.51. The molecule has 2 aromatic carbocycles. The summed E-state index contributed by atoms with van der Waals surface area (Å²) in [5.41, 5.74) is 2.37. The third-order valence-electron chi connectivity index (χ3n) is 3.05. The molecule has 100 valence electrons. The van der Waals surface area contributed by atoms with Gasteiger partial charge < -0.3 is 5.32 Å². The van der Waals surface area contributed by atoms with Crippen LogP contribution in [0.2, 0.25) is 15.1 Å². The number of ketones is 1. The molecular formula is C15H8Cl3NO. The molecule has 0 unspecified atom stereocenters. The van der Waals surface area contributed by atoms with Crippen LogP contribution in [0.3, 0.4) is 0 Å².